The third-order valence-corrected chi connectivity index (χ3v) is 5.10. The van der Waals surface area contributed by atoms with Gasteiger partial charge in [0, 0.05) is 64.6 Å². The number of anilines is 1. The van der Waals surface area contributed by atoms with Crippen molar-refractivity contribution in [3.05, 3.63) is 30.3 Å². The fraction of sp³-hybridized carbons (Fsp3) is 0.632. The molecule has 1 aromatic carbocycles. The Morgan fingerprint density at radius 1 is 0.960 bits per heavy atom. The quantitative estimate of drug-likeness (QED) is 0.833. The van der Waals surface area contributed by atoms with Gasteiger partial charge < -0.3 is 14.9 Å². The van der Waals surface area contributed by atoms with Gasteiger partial charge in [0.1, 0.15) is 0 Å². The minimum atomic E-state index is -0.283. The van der Waals surface area contributed by atoms with E-state index in [1.807, 2.05) is 17.9 Å². The Morgan fingerprint density at radius 3 is 2.16 bits per heavy atom. The monoisotopic (exact) mass is 346 g/mol. The van der Waals surface area contributed by atoms with Crippen molar-refractivity contribution in [1.29, 1.82) is 0 Å². The lowest BCUT2D eigenvalue weighted by Gasteiger charge is -2.38. The molecule has 2 aliphatic rings. The molecule has 1 atom stereocenters. The van der Waals surface area contributed by atoms with Crippen LogP contribution in [0, 0.1) is 0 Å². The molecule has 25 heavy (non-hydrogen) atoms. The van der Waals surface area contributed by atoms with Crippen LogP contribution in [0.15, 0.2) is 30.3 Å². The van der Waals surface area contributed by atoms with Crippen LogP contribution in [-0.4, -0.2) is 97.3 Å². The molecule has 0 aliphatic carbocycles. The number of benzene rings is 1. The molecule has 0 spiro atoms. The van der Waals surface area contributed by atoms with Crippen molar-refractivity contribution in [3.63, 3.8) is 0 Å². The van der Waals surface area contributed by atoms with Crippen LogP contribution >= 0.6 is 0 Å². The van der Waals surface area contributed by atoms with Gasteiger partial charge in [-0.1, -0.05) is 18.2 Å². The van der Waals surface area contributed by atoms with Crippen molar-refractivity contribution in [2.75, 3.05) is 70.3 Å². The van der Waals surface area contributed by atoms with E-state index in [4.69, 9.17) is 0 Å². The fourth-order valence-electron chi connectivity index (χ4n) is 3.65. The SMILES string of the molecule is C[C@@H](O)CN1CCN(CC(=O)N2CCN(c3ccccc3)CC2)CC1. The number of aliphatic hydroxyl groups is 1. The summed E-state index contributed by atoms with van der Waals surface area (Å²) in [6, 6.07) is 10.4. The van der Waals surface area contributed by atoms with Crippen molar-refractivity contribution in [2.24, 2.45) is 0 Å². The second kappa shape index (κ2) is 8.65. The summed E-state index contributed by atoms with van der Waals surface area (Å²) in [4.78, 5) is 21.4. The molecule has 1 amide bonds. The molecule has 0 saturated carbocycles. The Hall–Kier alpha value is -1.63. The number of amides is 1. The Kier molecular flexibility index (Phi) is 6.29. The maximum Gasteiger partial charge on any atom is 0.236 e. The zero-order valence-corrected chi connectivity index (χ0v) is 15.2. The molecule has 0 unspecified atom stereocenters. The number of aliphatic hydroxyl groups excluding tert-OH is 1. The molecular formula is C19H30N4O2. The Balaban J connectivity index is 1.40. The number of piperazine rings is 2. The highest BCUT2D eigenvalue weighted by Crippen LogP contribution is 2.15. The highest BCUT2D eigenvalue weighted by atomic mass is 16.3. The van der Waals surface area contributed by atoms with Gasteiger partial charge in [-0.25, -0.2) is 0 Å². The van der Waals surface area contributed by atoms with E-state index >= 15 is 0 Å². The van der Waals surface area contributed by atoms with Crippen molar-refractivity contribution < 1.29 is 9.90 Å². The van der Waals surface area contributed by atoms with Crippen LogP contribution in [0.5, 0.6) is 0 Å². The first kappa shape index (κ1) is 18.2. The molecule has 0 radical (unpaired) electrons. The normalized spacial score (nSPS) is 21.4. The van der Waals surface area contributed by atoms with Gasteiger partial charge in [0.25, 0.3) is 0 Å². The number of carbonyl (C=O) groups is 1. The van der Waals surface area contributed by atoms with Crippen LogP contribution in [0.1, 0.15) is 6.92 Å². The minimum absolute atomic E-state index is 0.247. The molecular weight excluding hydrogens is 316 g/mol. The average Bonchev–Trinajstić information content (AvgIpc) is 2.64. The van der Waals surface area contributed by atoms with Gasteiger partial charge in [0.2, 0.25) is 5.91 Å². The molecule has 138 valence electrons. The molecule has 2 heterocycles. The second-order valence-corrected chi connectivity index (χ2v) is 7.13. The zero-order valence-electron chi connectivity index (χ0n) is 15.2. The van der Waals surface area contributed by atoms with Gasteiger partial charge in [-0.05, 0) is 19.1 Å². The van der Waals surface area contributed by atoms with Crippen molar-refractivity contribution >= 4 is 11.6 Å². The topological polar surface area (TPSA) is 50.3 Å². The molecule has 0 aromatic heterocycles. The summed E-state index contributed by atoms with van der Waals surface area (Å²) in [5, 5.41) is 9.47. The van der Waals surface area contributed by atoms with Crippen molar-refractivity contribution in [2.45, 2.75) is 13.0 Å². The number of hydrogen-bond acceptors (Lipinski definition) is 5. The summed E-state index contributed by atoms with van der Waals surface area (Å²) in [7, 11) is 0. The van der Waals surface area contributed by atoms with E-state index in [0.29, 0.717) is 6.54 Å². The number of rotatable bonds is 5. The van der Waals surface area contributed by atoms with Gasteiger partial charge >= 0.3 is 0 Å². The third kappa shape index (κ3) is 5.17. The predicted molar refractivity (Wildman–Crippen MR) is 99.8 cm³/mol. The number of carbonyl (C=O) groups excluding carboxylic acids is 1. The minimum Gasteiger partial charge on any atom is -0.392 e. The third-order valence-electron chi connectivity index (χ3n) is 5.10. The average molecular weight is 346 g/mol. The maximum atomic E-state index is 12.6. The van der Waals surface area contributed by atoms with Crippen LogP contribution in [0.3, 0.4) is 0 Å². The van der Waals surface area contributed by atoms with Crippen LogP contribution in [-0.2, 0) is 4.79 Å². The van der Waals surface area contributed by atoms with Crippen molar-refractivity contribution in [3.8, 4) is 0 Å². The van der Waals surface area contributed by atoms with Gasteiger partial charge in [-0.2, -0.15) is 0 Å². The maximum absolute atomic E-state index is 12.6. The smallest absolute Gasteiger partial charge is 0.236 e. The van der Waals surface area contributed by atoms with Gasteiger partial charge in [-0.3, -0.25) is 14.6 Å². The van der Waals surface area contributed by atoms with E-state index in [1.54, 1.807) is 0 Å². The van der Waals surface area contributed by atoms with Gasteiger partial charge in [0.15, 0.2) is 0 Å². The van der Waals surface area contributed by atoms with Crippen LogP contribution in [0.4, 0.5) is 5.69 Å². The molecule has 0 bridgehead atoms. The van der Waals surface area contributed by atoms with E-state index in [9.17, 15) is 9.90 Å². The van der Waals surface area contributed by atoms with E-state index in [1.165, 1.54) is 5.69 Å². The second-order valence-electron chi connectivity index (χ2n) is 7.13. The summed E-state index contributed by atoms with van der Waals surface area (Å²) >= 11 is 0. The Morgan fingerprint density at radius 2 is 1.56 bits per heavy atom. The number of hydrogen-bond donors (Lipinski definition) is 1. The molecule has 3 rings (SSSR count). The lowest BCUT2D eigenvalue weighted by molar-refractivity contribution is -0.133. The van der Waals surface area contributed by atoms with Crippen molar-refractivity contribution in [1.82, 2.24) is 14.7 Å². The Bertz CT molecular complexity index is 536. The molecule has 1 aromatic rings. The standard InChI is InChI=1S/C19H30N4O2/c1-17(24)15-20-7-9-21(10-8-20)16-19(25)23-13-11-22(12-14-23)18-5-3-2-4-6-18/h2-6,17,24H,7-16H2,1H3/t17-/m1/s1. The molecule has 6 heteroatoms. The summed E-state index contributed by atoms with van der Waals surface area (Å²) in [6.45, 7) is 10.1. The zero-order chi connectivity index (χ0) is 17.6. The molecule has 1 N–H and O–H groups in total. The summed E-state index contributed by atoms with van der Waals surface area (Å²) < 4.78 is 0. The first-order chi connectivity index (χ1) is 12.1. The first-order valence-electron chi connectivity index (χ1n) is 9.32. The van der Waals surface area contributed by atoms with E-state index < -0.39 is 0 Å². The summed E-state index contributed by atoms with van der Waals surface area (Å²) in [5.41, 5.74) is 1.24. The number of β-amino-alcohol motifs (C(OH)–C–C–N with tert-alkyl or cyclic N) is 1. The molecule has 6 nitrogen and oxygen atoms in total. The molecule has 2 aliphatic heterocycles. The highest BCUT2D eigenvalue weighted by molar-refractivity contribution is 5.78. The largest absolute Gasteiger partial charge is 0.392 e. The van der Waals surface area contributed by atoms with Gasteiger partial charge in [-0.15, -0.1) is 0 Å². The Labute approximate surface area is 150 Å². The fourth-order valence-corrected chi connectivity index (χ4v) is 3.65. The number of nitrogens with zero attached hydrogens (tertiary/aromatic N) is 4. The van der Waals surface area contributed by atoms with Crippen LogP contribution in [0.2, 0.25) is 0 Å². The predicted octanol–water partition coefficient (Wildman–Crippen LogP) is 0.334. The summed E-state index contributed by atoms with van der Waals surface area (Å²) in [5.74, 6) is 0.247. The van der Waals surface area contributed by atoms with E-state index in [2.05, 4.69) is 39.0 Å². The van der Waals surface area contributed by atoms with E-state index in [-0.39, 0.29) is 12.0 Å². The van der Waals surface area contributed by atoms with Gasteiger partial charge in [0.05, 0.1) is 12.6 Å². The molecule has 2 saturated heterocycles. The number of para-hydroxylation sites is 1. The lowest BCUT2D eigenvalue weighted by Crippen LogP contribution is -2.54. The first-order valence-corrected chi connectivity index (χ1v) is 9.32. The highest BCUT2D eigenvalue weighted by Gasteiger charge is 2.25. The summed E-state index contributed by atoms with van der Waals surface area (Å²) in [6.07, 6.45) is -0.283. The lowest BCUT2D eigenvalue weighted by atomic mass is 10.2. The molecule has 2 fully saturated rings. The van der Waals surface area contributed by atoms with Crippen LogP contribution < -0.4 is 4.90 Å². The van der Waals surface area contributed by atoms with Crippen LogP contribution in [0.25, 0.3) is 0 Å². The van der Waals surface area contributed by atoms with E-state index in [0.717, 1.165) is 58.9 Å².